The molecule has 1 saturated heterocycles. The molecule has 0 aliphatic carbocycles. The van der Waals surface area contributed by atoms with Gasteiger partial charge in [-0.15, -0.1) is 0 Å². The third-order valence-corrected chi connectivity index (χ3v) is 3.06. The Hall–Kier alpha value is -0.960. The first-order valence-corrected chi connectivity index (χ1v) is 5.40. The minimum Gasteiger partial charge on any atom is -0.321 e. The predicted molar refractivity (Wildman–Crippen MR) is 58.6 cm³/mol. The molecule has 0 saturated carbocycles. The second-order valence-corrected chi connectivity index (χ2v) is 4.08. The van der Waals surface area contributed by atoms with E-state index in [1.165, 1.54) is 6.42 Å². The molecule has 1 heterocycles. The van der Waals surface area contributed by atoms with Crippen LogP contribution in [0.5, 0.6) is 0 Å². The van der Waals surface area contributed by atoms with Crippen LogP contribution in [0.4, 0.5) is 5.69 Å². The molecule has 2 nitrogen and oxygen atoms in total. The third kappa shape index (κ3) is 1.86. The quantitative estimate of drug-likeness (QED) is 0.740. The summed E-state index contributed by atoms with van der Waals surface area (Å²) in [5.41, 5.74) is 1.14. The zero-order chi connectivity index (χ0) is 9.10. The lowest BCUT2D eigenvalue weighted by molar-refractivity contribution is 0.903. The number of nitrogens with zero attached hydrogens (tertiary/aromatic N) is 1. The van der Waals surface area contributed by atoms with Crippen molar-refractivity contribution in [1.82, 2.24) is 0 Å². The van der Waals surface area contributed by atoms with Gasteiger partial charge in [-0.25, -0.2) is 0 Å². The van der Waals surface area contributed by atoms with Gasteiger partial charge in [0.05, 0.1) is 0 Å². The van der Waals surface area contributed by atoms with Gasteiger partial charge in [0, 0.05) is 18.0 Å². The van der Waals surface area contributed by atoms with Crippen LogP contribution < -0.4 is 4.90 Å². The number of amidine groups is 1. The Morgan fingerprint density at radius 1 is 1.23 bits per heavy atom. The highest BCUT2D eigenvalue weighted by Crippen LogP contribution is 2.23. The summed E-state index contributed by atoms with van der Waals surface area (Å²) in [6.45, 7) is 0.982. The molecule has 1 aliphatic heterocycles. The highest BCUT2D eigenvalue weighted by atomic mass is 32.2. The fraction of sp³-hybridized carbons (Fsp3) is 0.300. The molecule has 0 bridgehead atoms. The van der Waals surface area contributed by atoms with Gasteiger partial charge in [0.2, 0.25) is 0 Å². The van der Waals surface area contributed by atoms with Crippen molar-refractivity contribution in [2.75, 3.05) is 17.2 Å². The molecule has 13 heavy (non-hydrogen) atoms. The standard InChI is InChI=1S/C10H12N2S/c11-10-12(7-4-8-13-10)9-5-2-1-3-6-9/h1-3,5-6,11H,4,7-8H2. The molecule has 0 atom stereocenters. The molecule has 68 valence electrons. The maximum atomic E-state index is 7.77. The van der Waals surface area contributed by atoms with Crippen LogP contribution in [0.1, 0.15) is 6.42 Å². The van der Waals surface area contributed by atoms with Gasteiger partial charge in [0.25, 0.3) is 0 Å². The second-order valence-electron chi connectivity index (χ2n) is 2.99. The highest BCUT2D eigenvalue weighted by Gasteiger charge is 2.16. The lowest BCUT2D eigenvalue weighted by Crippen LogP contribution is -2.33. The first-order valence-electron chi connectivity index (χ1n) is 4.42. The van der Waals surface area contributed by atoms with Crippen LogP contribution in [0, 0.1) is 5.41 Å². The first-order chi connectivity index (χ1) is 6.38. The van der Waals surface area contributed by atoms with Crippen molar-refractivity contribution >= 4 is 22.6 Å². The van der Waals surface area contributed by atoms with Crippen LogP contribution in [0.3, 0.4) is 0 Å². The van der Waals surface area contributed by atoms with Gasteiger partial charge in [-0.2, -0.15) is 0 Å². The van der Waals surface area contributed by atoms with Crippen molar-refractivity contribution in [3.63, 3.8) is 0 Å². The fourth-order valence-electron chi connectivity index (χ4n) is 1.43. The van der Waals surface area contributed by atoms with Crippen molar-refractivity contribution in [3.05, 3.63) is 30.3 Å². The van der Waals surface area contributed by atoms with Gasteiger partial charge in [-0.05, 0) is 18.6 Å². The maximum absolute atomic E-state index is 7.77. The van der Waals surface area contributed by atoms with Crippen molar-refractivity contribution in [2.45, 2.75) is 6.42 Å². The monoisotopic (exact) mass is 192 g/mol. The van der Waals surface area contributed by atoms with Crippen LogP contribution in [0.25, 0.3) is 0 Å². The normalized spacial score (nSPS) is 17.5. The van der Waals surface area contributed by atoms with Crippen LogP contribution in [0.15, 0.2) is 30.3 Å². The molecule has 1 aliphatic rings. The Morgan fingerprint density at radius 3 is 2.69 bits per heavy atom. The third-order valence-electron chi connectivity index (χ3n) is 2.08. The minimum absolute atomic E-state index is 0.678. The smallest absolute Gasteiger partial charge is 0.160 e. The molecule has 0 spiro atoms. The molecule has 2 rings (SSSR count). The summed E-state index contributed by atoms with van der Waals surface area (Å²) in [5.74, 6) is 1.09. The van der Waals surface area contributed by atoms with E-state index in [1.54, 1.807) is 11.8 Å². The Morgan fingerprint density at radius 2 is 2.00 bits per heavy atom. The average molecular weight is 192 g/mol. The summed E-state index contributed by atoms with van der Waals surface area (Å²) < 4.78 is 0. The number of para-hydroxylation sites is 1. The number of thioether (sulfide) groups is 1. The van der Waals surface area contributed by atoms with Crippen molar-refractivity contribution in [3.8, 4) is 0 Å². The molecule has 1 aromatic carbocycles. The largest absolute Gasteiger partial charge is 0.321 e. The molecule has 0 radical (unpaired) electrons. The number of hydrogen-bond acceptors (Lipinski definition) is 2. The molecular formula is C10H12N2S. The Labute approximate surface area is 82.5 Å². The summed E-state index contributed by atoms with van der Waals surface area (Å²) in [7, 11) is 0. The molecule has 1 N–H and O–H groups in total. The van der Waals surface area contributed by atoms with E-state index in [0.29, 0.717) is 5.17 Å². The second kappa shape index (κ2) is 3.83. The summed E-state index contributed by atoms with van der Waals surface area (Å²) >= 11 is 1.63. The molecule has 0 unspecified atom stereocenters. The van der Waals surface area contributed by atoms with Gasteiger partial charge < -0.3 is 4.90 Å². The summed E-state index contributed by atoms with van der Waals surface area (Å²) in [6, 6.07) is 10.1. The molecule has 0 aromatic heterocycles. The molecule has 0 amide bonds. The predicted octanol–water partition coefficient (Wildman–Crippen LogP) is 2.56. The van der Waals surface area contributed by atoms with Crippen molar-refractivity contribution in [2.24, 2.45) is 0 Å². The average Bonchev–Trinajstić information content (AvgIpc) is 2.20. The zero-order valence-electron chi connectivity index (χ0n) is 7.36. The van der Waals surface area contributed by atoms with E-state index in [9.17, 15) is 0 Å². The maximum Gasteiger partial charge on any atom is 0.160 e. The summed E-state index contributed by atoms with van der Waals surface area (Å²) in [6.07, 6.45) is 1.17. The van der Waals surface area contributed by atoms with E-state index >= 15 is 0 Å². The Bertz CT molecular complexity index is 297. The number of anilines is 1. The van der Waals surface area contributed by atoms with Crippen LogP contribution in [0.2, 0.25) is 0 Å². The van der Waals surface area contributed by atoms with Gasteiger partial charge in [0.15, 0.2) is 5.17 Å². The topological polar surface area (TPSA) is 27.1 Å². The van der Waals surface area contributed by atoms with E-state index < -0.39 is 0 Å². The summed E-state index contributed by atoms with van der Waals surface area (Å²) in [5, 5.41) is 8.45. The number of benzene rings is 1. The van der Waals surface area contributed by atoms with Gasteiger partial charge in [0.1, 0.15) is 0 Å². The molecule has 3 heteroatoms. The lowest BCUT2D eigenvalue weighted by Gasteiger charge is -2.28. The SMILES string of the molecule is N=C1SCCCN1c1ccccc1. The molecule has 1 aromatic rings. The van der Waals surface area contributed by atoms with Gasteiger partial charge in [-0.3, -0.25) is 5.41 Å². The van der Waals surface area contributed by atoms with Crippen LogP contribution >= 0.6 is 11.8 Å². The zero-order valence-corrected chi connectivity index (χ0v) is 8.18. The lowest BCUT2D eigenvalue weighted by atomic mass is 10.3. The first kappa shape index (κ1) is 8.63. The van der Waals surface area contributed by atoms with Crippen molar-refractivity contribution < 1.29 is 0 Å². The number of nitrogens with one attached hydrogen (secondary N) is 1. The minimum atomic E-state index is 0.678. The van der Waals surface area contributed by atoms with Crippen LogP contribution in [-0.2, 0) is 0 Å². The van der Waals surface area contributed by atoms with Gasteiger partial charge >= 0.3 is 0 Å². The number of hydrogen-bond donors (Lipinski definition) is 1. The molecule has 1 fully saturated rings. The summed E-state index contributed by atoms with van der Waals surface area (Å²) in [4.78, 5) is 2.06. The van der Waals surface area contributed by atoms with Crippen LogP contribution in [-0.4, -0.2) is 17.5 Å². The Kier molecular flexibility index (Phi) is 2.54. The fourth-order valence-corrected chi connectivity index (χ4v) is 2.24. The Balaban J connectivity index is 2.20. The van der Waals surface area contributed by atoms with Gasteiger partial charge in [-0.1, -0.05) is 30.0 Å². The van der Waals surface area contributed by atoms with E-state index in [1.807, 2.05) is 18.2 Å². The van der Waals surface area contributed by atoms with Crippen molar-refractivity contribution in [1.29, 1.82) is 5.41 Å². The molecular weight excluding hydrogens is 180 g/mol. The van der Waals surface area contributed by atoms with E-state index in [-0.39, 0.29) is 0 Å². The van der Waals surface area contributed by atoms with E-state index in [0.717, 1.165) is 18.0 Å². The van der Waals surface area contributed by atoms with E-state index in [2.05, 4.69) is 17.0 Å². The van der Waals surface area contributed by atoms with E-state index in [4.69, 9.17) is 5.41 Å². The highest BCUT2D eigenvalue weighted by molar-refractivity contribution is 8.14. The number of rotatable bonds is 1.